The maximum absolute atomic E-state index is 14.3. The number of aliphatic carboxylic acids is 1. The average Bonchev–Trinajstić information content (AvgIpc) is 3.57. The number of nitrogens with zero attached hydrogens (tertiary/aromatic N) is 1. The molecule has 176 valence electrons. The van der Waals surface area contributed by atoms with Gasteiger partial charge < -0.3 is 20.1 Å². The number of benzene rings is 1. The molecule has 2 aliphatic rings. The molecule has 6 nitrogen and oxygen atoms in total. The van der Waals surface area contributed by atoms with Crippen molar-refractivity contribution in [2.75, 3.05) is 25.0 Å². The Balaban J connectivity index is 0.000000637. The van der Waals surface area contributed by atoms with Crippen molar-refractivity contribution < 1.29 is 23.9 Å². The number of anilines is 1. The molecule has 1 aliphatic carbocycles. The number of aldehydes is 1. The second-order valence-corrected chi connectivity index (χ2v) is 7.48. The van der Waals surface area contributed by atoms with Crippen LogP contribution >= 0.6 is 0 Å². The van der Waals surface area contributed by atoms with E-state index in [9.17, 15) is 18.8 Å². The van der Waals surface area contributed by atoms with Crippen LogP contribution in [0, 0.1) is 5.82 Å². The standard InChI is InChI=1S/C15H16FNO2.C5H11NO2.2C2H6/c1-15(2)11-7-10(9-3-4-9)8-12(16)13(11)17(5-6-18)14(15)19;1-6-4-2-3-5(7)8;2*1-2/h6-9H,3-5H2,1-2H3;6H,2-4H2,1H3,(H,7,8);2*1-2H3. The number of carboxylic acids is 1. The Bertz CT molecular complexity index is 731. The third kappa shape index (κ3) is 7.73. The predicted molar refractivity (Wildman–Crippen MR) is 123 cm³/mol. The van der Waals surface area contributed by atoms with Crippen molar-refractivity contribution in [2.45, 2.75) is 78.6 Å². The minimum Gasteiger partial charge on any atom is -0.481 e. The first-order chi connectivity index (χ1) is 14.7. The highest BCUT2D eigenvalue weighted by molar-refractivity contribution is 6.09. The lowest BCUT2D eigenvalue weighted by atomic mass is 9.85. The summed E-state index contributed by atoms with van der Waals surface area (Å²) in [7, 11) is 1.81. The molecule has 1 aliphatic heterocycles. The molecule has 31 heavy (non-hydrogen) atoms. The van der Waals surface area contributed by atoms with Crippen molar-refractivity contribution in [3.05, 3.63) is 29.1 Å². The van der Waals surface area contributed by atoms with Gasteiger partial charge in [-0.25, -0.2) is 4.39 Å². The number of hydrogen-bond acceptors (Lipinski definition) is 4. The number of halogens is 1. The quantitative estimate of drug-likeness (QED) is 0.478. The van der Waals surface area contributed by atoms with Crippen LogP contribution < -0.4 is 10.2 Å². The molecular formula is C24H39FN2O4. The lowest BCUT2D eigenvalue weighted by molar-refractivity contribution is -0.137. The van der Waals surface area contributed by atoms with Gasteiger partial charge in [0, 0.05) is 6.42 Å². The van der Waals surface area contributed by atoms with E-state index in [2.05, 4.69) is 5.32 Å². The van der Waals surface area contributed by atoms with Crippen LogP contribution in [-0.2, 0) is 19.8 Å². The summed E-state index contributed by atoms with van der Waals surface area (Å²) >= 11 is 0. The molecule has 0 aromatic heterocycles. The molecule has 3 rings (SSSR count). The van der Waals surface area contributed by atoms with Gasteiger partial charge in [0.15, 0.2) is 0 Å². The number of carboxylic acid groups (broad SMARTS) is 1. The zero-order valence-corrected chi connectivity index (χ0v) is 20.0. The highest BCUT2D eigenvalue weighted by atomic mass is 19.1. The Morgan fingerprint density at radius 1 is 1.26 bits per heavy atom. The molecular weight excluding hydrogens is 399 g/mol. The first-order valence-corrected chi connectivity index (χ1v) is 11.2. The Morgan fingerprint density at radius 2 is 1.84 bits per heavy atom. The van der Waals surface area contributed by atoms with E-state index in [-0.39, 0.29) is 30.4 Å². The zero-order valence-electron chi connectivity index (χ0n) is 20.0. The molecule has 0 saturated heterocycles. The molecule has 0 unspecified atom stereocenters. The van der Waals surface area contributed by atoms with Crippen LogP contribution in [0.25, 0.3) is 0 Å². The Hall–Kier alpha value is -2.28. The van der Waals surface area contributed by atoms with Crippen LogP contribution in [0.3, 0.4) is 0 Å². The van der Waals surface area contributed by atoms with Crippen LogP contribution in [0.5, 0.6) is 0 Å². The number of amides is 1. The maximum Gasteiger partial charge on any atom is 0.303 e. The topological polar surface area (TPSA) is 86.7 Å². The normalized spacial score (nSPS) is 15.4. The minimum absolute atomic E-state index is 0.0883. The summed E-state index contributed by atoms with van der Waals surface area (Å²) in [4.78, 5) is 34.1. The molecule has 1 fully saturated rings. The van der Waals surface area contributed by atoms with Gasteiger partial charge in [-0.1, -0.05) is 33.8 Å². The molecule has 7 heteroatoms. The number of hydrogen-bond donors (Lipinski definition) is 2. The van der Waals surface area contributed by atoms with Crippen LogP contribution in [0.4, 0.5) is 10.1 Å². The number of fused-ring (bicyclic) bond motifs is 1. The second-order valence-electron chi connectivity index (χ2n) is 7.48. The van der Waals surface area contributed by atoms with E-state index < -0.39 is 11.4 Å². The van der Waals surface area contributed by atoms with Gasteiger partial charge >= 0.3 is 5.97 Å². The molecule has 0 radical (unpaired) electrons. The second kappa shape index (κ2) is 13.9. The lowest BCUT2D eigenvalue weighted by Gasteiger charge is -2.18. The van der Waals surface area contributed by atoms with E-state index in [0.717, 1.165) is 24.9 Å². The maximum atomic E-state index is 14.3. The van der Waals surface area contributed by atoms with Crippen molar-refractivity contribution in [3.8, 4) is 0 Å². The van der Waals surface area contributed by atoms with Gasteiger partial charge in [-0.3, -0.25) is 9.59 Å². The van der Waals surface area contributed by atoms with Gasteiger partial charge in [-0.15, -0.1) is 0 Å². The molecule has 0 spiro atoms. The Labute approximate surface area is 186 Å². The van der Waals surface area contributed by atoms with Gasteiger partial charge in [0.1, 0.15) is 12.1 Å². The minimum atomic E-state index is -0.760. The Kier molecular flexibility index (Phi) is 12.9. The SMILES string of the molecule is CC.CC.CC1(C)C(=O)N(CC=O)c2c(F)cc(C3CC3)cc21.CNCCCC(=O)O. The molecule has 1 aromatic rings. The summed E-state index contributed by atoms with van der Waals surface area (Å²) in [6.45, 7) is 12.3. The highest BCUT2D eigenvalue weighted by Gasteiger charge is 2.46. The number of nitrogens with one attached hydrogen (secondary N) is 1. The molecule has 0 atom stereocenters. The van der Waals surface area contributed by atoms with Crippen LogP contribution in [0.1, 0.15) is 84.3 Å². The molecule has 1 amide bonds. The average molecular weight is 439 g/mol. The van der Waals surface area contributed by atoms with Crippen LogP contribution in [0.15, 0.2) is 12.1 Å². The monoisotopic (exact) mass is 438 g/mol. The molecule has 2 N–H and O–H groups in total. The zero-order chi connectivity index (χ0) is 24.2. The van der Waals surface area contributed by atoms with E-state index in [1.54, 1.807) is 13.8 Å². The summed E-state index contributed by atoms with van der Waals surface area (Å²) in [5, 5.41) is 11.0. The third-order valence-electron chi connectivity index (χ3n) is 4.93. The smallest absolute Gasteiger partial charge is 0.303 e. The van der Waals surface area contributed by atoms with Gasteiger partial charge in [0.25, 0.3) is 0 Å². The van der Waals surface area contributed by atoms with Crippen molar-refractivity contribution in [3.63, 3.8) is 0 Å². The summed E-state index contributed by atoms with van der Waals surface area (Å²) in [5.74, 6) is -0.882. The fourth-order valence-corrected chi connectivity index (χ4v) is 3.24. The van der Waals surface area contributed by atoms with Crippen molar-refractivity contribution in [2.24, 2.45) is 0 Å². The third-order valence-corrected chi connectivity index (χ3v) is 4.93. The molecule has 1 aromatic carbocycles. The summed E-state index contributed by atoms with van der Waals surface area (Å²) in [6.07, 6.45) is 3.79. The van der Waals surface area contributed by atoms with E-state index in [1.165, 1.54) is 11.0 Å². The lowest BCUT2D eigenvalue weighted by Crippen LogP contribution is -2.37. The van der Waals surface area contributed by atoms with E-state index >= 15 is 0 Å². The van der Waals surface area contributed by atoms with E-state index in [0.29, 0.717) is 24.2 Å². The highest BCUT2D eigenvalue weighted by Crippen LogP contribution is 2.47. The van der Waals surface area contributed by atoms with Crippen molar-refractivity contribution in [1.29, 1.82) is 0 Å². The molecule has 1 heterocycles. The van der Waals surface area contributed by atoms with Crippen molar-refractivity contribution >= 4 is 23.9 Å². The Morgan fingerprint density at radius 3 is 2.29 bits per heavy atom. The number of rotatable bonds is 7. The molecule has 0 bridgehead atoms. The fourth-order valence-electron chi connectivity index (χ4n) is 3.24. The van der Waals surface area contributed by atoms with E-state index in [1.807, 2.05) is 40.8 Å². The van der Waals surface area contributed by atoms with Crippen molar-refractivity contribution in [1.82, 2.24) is 5.32 Å². The van der Waals surface area contributed by atoms with Gasteiger partial charge in [0.2, 0.25) is 5.91 Å². The van der Waals surface area contributed by atoms with Gasteiger partial charge in [-0.2, -0.15) is 0 Å². The summed E-state index contributed by atoms with van der Waals surface area (Å²) in [6, 6.07) is 3.46. The predicted octanol–water partition coefficient (Wildman–Crippen LogP) is 4.65. The van der Waals surface area contributed by atoms with Crippen LogP contribution in [0.2, 0.25) is 0 Å². The van der Waals surface area contributed by atoms with Gasteiger partial charge in [0.05, 0.1) is 17.6 Å². The van der Waals surface area contributed by atoms with Gasteiger partial charge in [-0.05, 0) is 69.8 Å². The first kappa shape index (κ1) is 28.7. The summed E-state index contributed by atoms with van der Waals surface area (Å²) < 4.78 is 14.3. The largest absolute Gasteiger partial charge is 0.481 e. The fraction of sp³-hybridized carbons (Fsp3) is 0.625. The summed E-state index contributed by atoms with van der Waals surface area (Å²) in [5.41, 5.74) is 1.21. The first-order valence-electron chi connectivity index (χ1n) is 11.2. The molecule has 1 saturated carbocycles. The number of carbonyl (C=O) groups is 3. The van der Waals surface area contributed by atoms with E-state index in [4.69, 9.17) is 5.11 Å². The van der Waals surface area contributed by atoms with Crippen LogP contribution in [-0.4, -0.2) is 43.4 Å². The number of carbonyl (C=O) groups excluding carboxylic acids is 2.